The summed E-state index contributed by atoms with van der Waals surface area (Å²) in [6, 6.07) is 10.2. The second-order valence-corrected chi connectivity index (χ2v) is 10.4. The molecule has 2 heterocycles. The van der Waals surface area contributed by atoms with Crippen molar-refractivity contribution in [3.63, 3.8) is 0 Å². The van der Waals surface area contributed by atoms with Gasteiger partial charge in [-0.15, -0.1) is 0 Å². The Hall–Kier alpha value is -2.78. The van der Waals surface area contributed by atoms with E-state index < -0.39 is 16.0 Å². The van der Waals surface area contributed by atoms with Gasteiger partial charge in [-0.1, -0.05) is 25.1 Å². The molecule has 2 aromatic carbocycles. The van der Waals surface area contributed by atoms with Gasteiger partial charge in [0, 0.05) is 25.0 Å². The molecule has 1 saturated heterocycles. The molecule has 3 N–H and O–H groups in total. The number of ether oxygens (including phenoxy) is 1. The van der Waals surface area contributed by atoms with Crippen molar-refractivity contribution in [2.75, 3.05) is 36.3 Å². The number of carboxylic acid groups (broad SMARTS) is 1. The van der Waals surface area contributed by atoms with Crippen molar-refractivity contribution in [1.29, 1.82) is 0 Å². The van der Waals surface area contributed by atoms with Gasteiger partial charge in [0.05, 0.1) is 18.0 Å². The number of fused-ring (bicyclic) bond motifs is 3. The fourth-order valence-electron chi connectivity index (χ4n) is 4.82. The maximum atomic E-state index is 13.3. The summed E-state index contributed by atoms with van der Waals surface area (Å²) in [7, 11) is -4.04. The first-order chi connectivity index (χ1) is 15.4. The average Bonchev–Trinajstić information content (AvgIpc) is 3.43. The molecule has 1 aliphatic carbocycles. The molecule has 2 fully saturated rings. The highest BCUT2D eigenvalue weighted by Gasteiger charge is 2.45. The van der Waals surface area contributed by atoms with Crippen molar-refractivity contribution in [3.8, 4) is 5.75 Å². The zero-order valence-electron chi connectivity index (χ0n) is 17.9. The maximum absolute atomic E-state index is 13.3. The van der Waals surface area contributed by atoms with E-state index in [1.54, 1.807) is 24.3 Å². The molecule has 8 nitrogen and oxygen atoms in total. The van der Waals surface area contributed by atoms with Gasteiger partial charge in [-0.2, -0.15) is 0 Å². The third-order valence-electron chi connectivity index (χ3n) is 6.67. The minimum atomic E-state index is -4.04. The van der Waals surface area contributed by atoms with Crippen LogP contribution in [0.5, 0.6) is 5.75 Å². The molecule has 3 aliphatic rings. The molecule has 9 heteroatoms. The number of anilines is 2. The van der Waals surface area contributed by atoms with Crippen molar-refractivity contribution in [3.05, 3.63) is 47.5 Å². The number of sulfonamides is 1. The number of hydrogen-bond donors (Lipinski definition) is 3. The van der Waals surface area contributed by atoms with Crippen molar-refractivity contribution in [2.45, 2.75) is 36.6 Å². The van der Waals surface area contributed by atoms with Gasteiger partial charge in [0.25, 0.3) is 10.0 Å². The van der Waals surface area contributed by atoms with E-state index in [2.05, 4.69) is 21.9 Å². The summed E-state index contributed by atoms with van der Waals surface area (Å²) in [5.41, 5.74) is 1.25. The first kappa shape index (κ1) is 21.1. The fraction of sp³-hybridized carbons (Fsp3) is 0.435. The first-order valence-electron chi connectivity index (χ1n) is 11.0. The van der Waals surface area contributed by atoms with Gasteiger partial charge in [-0.3, -0.25) is 4.72 Å². The number of para-hydroxylation sites is 1. The normalized spacial score (nSPS) is 24.2. The van der Waals surface area contributed by atoms with Gasteiger partial charge in [0.15, 0.2) is 0 Å². The summed E-state index contributed by atoms with van der Waals surface area (Å²) in [4.78, 5) is 14.5. The van der Waals surface area contributed by atoms with Gasteiger partial charge in [-0.05, 0) is 49.1 Å². The van der Waals surface area contributed by atoms with Crippen LogP contribution in [0.15, 0.2) is 41.3 Å². The molecule has 2 aliphatic heterocycles. The molecule has 0 spiro atoms. The number of carbonyl (C=O) groups is 1. The second kappa shape index (κ2) is 7.97. The SMILES string of the molecule is CCN1CCC(Nc2ccccc2S(=O)(=O)Nc2ccc3c(c2C(=O)O)OCC2CC32)C1. The van der Waals surface area contributed by atoms with Crippen molar-refractivity contribution in [1.82, 2.24) is 4.90 Å². The summed E-state index contributed by atoms with van der Waals surface area (Å²) in [5, 5.41) is 13.2. The molecular formula is C23H27N3O5S. The third-order valence-corrected chi connectivity index (χ3v) is 8.09. The highest BCUT2D eigenvalue weighted by Crippen LogP contribution is 2.55. The van der Waals surface area contributed by atoms with Crippen LogP contribution in [0.25, 0.3) is 0 Å². The van der Waals surface area contributed by atoms with Crippen LogP contribution >= 0.6 is 0 Å². The molecule has 3 atom stereocenters. The molecule has 1 saturated carbocycles. The Balaban J connectivity index is 1.45. The fourth-order valence-corrected chi connectivity index (χ4v) is 6.07. The van der Waals surface area contributed by atoms with Crippen LogP contribution in [-0.4, -0.2) is 56.7 Å². The number of hydrogen-bond acceptors (Lipinski definition) is 6. The number of rotatable bonds is 7. The zero-order chi connectivity index (χ0) is 22.5. The molecule has 32 heavy (non-hydrogen) atoms. The largest absolute Gasteiger partial charge is 0.492 e. The highest BCUT2D eigenvalue weighted by atomic mass is 32.2. The summed E-state index contributed by atoms with van der Waals surface area (Å²) in [5.74, 6) is -0.186. The first-order valence-corrected chi connectivity index (χ1v) is 12.5. The Morgan fingerprint density at radius 1 is 1.22 bits per heavy atom. The number of nitrogens with zero attached hydrogens (tertiary/aromatic N) is 1. The molecule has 170 valence electrons. The Bertz CT molecular complexity index is 1170. The minimum absolute atomic E-state index is 0.0168. The predicted octanol–water partition coefficient (Wildman–Crippen LogP) is 3.19. The van der Waals surface area contributed by atoms with Gasteiger partial charge >= 0.3 is 5.97 Å². The second-order valence-electron chi connectivity index (χ2n) is 8.75. The quantitative estimate of drug-likeness (QED) is 0.586. The summed E-state index contributed by atoms with van der Waals surface area (Å²) < 4.78 is 34.9. The number of carboxylic acids is 1. The molecule has 3 unspecified atom stereocenters. The van der Waals surface area contributed by atoms with Gasteiger partial charge in [0.2, 0.25) is 0 Å². The van der Waals surface area contributed by atoms with Crippen LogP contribution in [0.4, 0.5) is 11.4 Å². The lowest BCUT2D eigenvalue weighted by atomic mass is 10.0. The van der Waals surface area contributed by atoms with Crippen LogP contribution in [0.2, 0.25) is 0 Å². The highest BCUT2D eigenvalue weighted by molar-refractivity contribution is 7.92. The van der Waals surface area contributed by atoms with E-state index >= 15 is 0 Å². The summed E-state index contributed by atoms with van der Waals surface area (Å²) >= 11 is 0. The van der Waals surface area contributed by atoms with Crippen LogP contribution < -0.4 is 14.8 Å². The average molecular weight is 458 g/mol. The van der Waals surface area contributed by atoms with Crippen molar-refractivity contribution >= 4 is 27.4 Å². The van der Waals surface area contributed by atoms with Crippen LogP contribution in [-0.2, 0) is 10.0 Å². The standard InChI is InChI=1S/C23H27N3O5S/c1-2-26-10-9-15(12-26)24-18-5-3-4-6-20(18)32(29,30)25-19-8-7-16-17-11-14(17)13-31-22(16)21(19)23(27)28/h3-8,14-15,17,24-25H,2,9-13H2,1H3,(H,27,28). The van der Waals surface area contributed by atoms with Crippen LogP contribution in [0, 0.1) is 5.92 Å². The summed E-state index contributed by atoms with van der Waals surface area (Å²) in [6.45, 7) is 5.36. The number of aromatic carboxylic acids is 1. The Labute approximate surface area is 187 Å². The lowest BCUT2D eigenvalue weighted by Gasteiger charge is -2.22. The molecule has 0 aromatic heterocycles. The molecular weight excluding hydrogens is 430 g/mol. The van der Waals surface area contributed by atoms with Crippen LogP contribution in [0.3, 0.4) is 0 Å². The summed E-state index contributed by atoms with van der Waals surface area (Å²) in [6.07, 6.45) is 1.91. The van der Waals surface area contributed by atoms with E-state index in [1.807, 2.05) is 0 Å². The number of nitrogens with one attached hydrogen (secondary N) is 2. The molecule has 0 radical (unpaired) electrons. The lowest BCUT2D eigenvalue weighted by Crippen LogP contribution is -2.27. The maximum Gasteiger partial charge on any atom is 0.341 e. The molecule has 0 bridgehead atoms. The van der Waals surface area contributed by atoms with Crippen LogP contribution in [0.1, 0.15) is 41.6 Å². The van der Waals surface area contributed by atoms with Crippen molar-refractivity contribution in [2.24, 2.45) is 5.92 Å². The van der Waals surface area contributed by atoms with Gasteiger partial charge < -0.3 is 20.1 Å². The molecule has 2 aromatic rings. The minimum Gasteiger partial charge on any atom is -0.492 e. The number of benzene rings is 2. The molecule has 0 amide bonds. The molecule has 5 rings (SSSR count). The topological polar surface area (TPSA) is 108 Å². The van der Waals surface area contributed by atoms with E-state index in [-0.39, 0.29) is 27.9 Å². The van der Waals surface area contributed by atoms with E-state index in [0.717, 1.165) is 38.0 Å². The van der Waals surface area contributed by atoms with E-state index in [0.29, 0.717) is 24.1 Å². The Morgan fingerprint density at radius 3 is 2.78 bits per heavy atom. The van der Waals surface area contributed by atoms with Gasteiger partial charge in [0.1, 0.15) is 16.2 Å². The zero-order valence-corrected chi connectivity index (χ0v) is 18.7. The Kier molecular flexibility index (Phi) is 5.25. The van der Waals surface area contributed by atoms with Crippen molar-refractivity contribution < 1.29 is 23.1 Å². The third kappa shape index (κ3) is 3.80. The lowest BCUT2D eigenvalue weighted by molar-refractivity contribution is 0.0692. The van der Waals surface area contributed by atoms with Gasteiger partial charge in [-0.25, -0.2) is 13.2 Å². The number of likely N-dealkylation sites (N-methyl/N-ethyl adjacent to an activating group) is 1. The smallest absolute Gasteiger partial charge is 0.341 e. The monoisotopic (exact) mass is 457 g/mol. The van der Waals surface area contributed by atoms with E-state index in [4.69, 9.17) is 4.74 Å². The number of likely N-dealkylation sites (tertiary alicyclic amines) is 1. The predicted molar refractivity (Wildman–Crippen MR) is 121 cm³/mol. The van der Waals surface area contributed by atoms with E-state index in [1.165, 1.54) is 12.1 Å². The van der Waals surface area contributed by atoms with E-state index in [9.17, 15) is 18.3 Å². The Morgan fingerprint density at radius 2 is 2.03 bits per heavy atom.